The second-order valence-electron chi connectivity index (χ2n) is 7.10. The highest BCUT2D eigenvalue weighted by atomic mass is 32.1. The van der Waals surface area contributed by atoms with E-state index in [0.29, 0.717) is 24.2 Å². The molecule has 2 saturated heterocycles. The third-order valence-electron chi connectivity index (χ3n) is 5.23. The third kappa shape index (κ3) is 5.61. The van der Waals surface area contributed by atoms with E-state index in [1.165, 1.54) is 24.8 Å². The number of aliphatic carboxylic acids is 2. The fraction of sp³-hybridized carbons (Fsp3) is 0.400. The van der Waals surface area contributed by atoms with Crippen molar-refractivity contribution >= 4 is 29.2 Å². The fourth-order valence-electron chi connectivity index (χ4n) is 3.69. The summed E-state index contributed by atoms with van der Waals surface area (Å²) in [5.41, 5.74) is 2.32. The Bertz CT molecular complexity index is 824. The Morgan fingerprint density at radius 1 is 1.07 bits per heavy atom. The highest BCUT2D eigenvalue weighted by molar-refractivity contribution is 7.08. The Morgan fingerprint density at radius 2 is 1.66 bits per heavy atom. The normalized spacial score (nSPS) is 21.5. The standard InChI is InChI=1S/C16H20N4S.C4H4O4/c1-19-14-3-2-4-15(19)10-20(9-14)16-17-7-13(8-18-16)12-5-6-21-11-12;5-3(6)1-2-4(7)8/h5-8,11,14-15H,2-4,9-10H2,1H3;1-2H,(H,5,6)(H,7,8)/b;2-1+. The number of rotatable bonds is 4. The second-order valence-corrected chi connectivity index (χ2v) is 7.88. The molecule has 0 aliphatic carbocycles. The summed E-state index contributed by atoms with van der Waals surface area (Å²) in [6, 6.07) is 3.44. The third-order valence-corrected chi connectivity index (χ3v) is 5.92. The summed E-state index contributed by atoms with van der Waals surface area (Å²) in [5.74, 6) is -1.63. The molecule has 4 heterocycles. The van der Waals surface area contributed by atoms with Crippen LogP contribution >= 0.6 is 11.3 Å². The van der Waals surface area contributed by atoms with Crippen molar-refractivity contribution in [2.75, 3.05) is 25.0 Å². The minimum absolute atomic E-state index is 0.558. The first-order chi connectivity index (χ1) is 13.9. The number of hydrogen-bond acceptors (Lipinski definition) is 7. The van der Waals surface area contributed by atoms with E-state index in [2.05, 4.69) is 43.6 Å². The Hall–Kier alpha value is -2.78. The lowest BCUT2D eigenvalue weighted by Gasteiger charge is -2.48. The smallest absolute Gasteiger partial charge is 0.328 e. The molecule has 2 fully saturated rings. The number of carboxylic acids is 2. The number of carbonyl (C=O) groups is 2. The van der Waals surface area contributed by atoms with Gasteiger partial charge in [-0.2, -0.15) is 11.3 Å². The summed E-state index contributed by atoms with van der Waals surface area (Å²) in [4.78, 5) is 33.3. The average molecular weight is 417 g/mol. The molecule has 154 valence electrons. The van der Waals surface area contributed by atoms with E-state index in [9.17, 15) is 9.59 Å². The van der Waals surface area contributed by atoms with E-state index in [0.717, 1.165) is 24.6 Å². The number of piperidine rings is 1. The molecule has 2 aromatic rings. The molecule has 29 heavy (non-hydrogen) atoms. The molecule has 8 nitrogen and oxygen atoms in total. The molecule has 2 atom stereocenters. The van der Waals surface area contributed by atoms with Crippen LogP contribution in [0, 0.1) is 0 Å². The van der Waals surface area contributed by atoms with Gasteiger partial charge in [0.05, 0.1) is 0 Å². The molecule has 9 heteroatoms. The van der Waals surface area contributed by atoms with Gasteiger partial charge in [-0.05, 0) is 42.3 Å². The van der Waals surface area contributed by atoms with Crippen LogP contribution < -0.4 is 4.90 Å². The van der Waals surface area contributed by atoms with E-state index in [1.54, 1.807) is 11.3 Å². The van der Waals surface area contributed by atoms with Gasteiger partial charge < -0.3 is 15.1 Å². The number of anilines is 1. The zero-order valence-electron chi connectivity index (χ0n) is 16.1. The highest BCUT2D eigenvalue weighted by Gasteiger charge is 2.35. The van der Waals surface area contributed by atoms with Gasteiger partial charge in [0.25, 0.3) is 0 Å². The molecule has 2 N–H and O–H groups in total. The van der Waals surface area contributed by atoms with Crippen LogP contribution in [0.1, 0.15) is 19.3 Å². The molecule has 0 saturated carbocycles. The van der Waals surface area contributed by atoms with Gasteiger partial charge in [0.1, 0.15) is 0 Å². The highest BCUT2D eigenvalue weighted by Crippen LogP contribution is 2.29. The molecule has 2 unspecified atom stereocenters. The van der Waals surface area contributed by atoms with Crippen molar-refractivity contribution < 1.29 is 19.8 Å². The number of hydrogen-bond donors (Lipinski definition) is 2. The number of fused-ring (bicyclic) bond motifs is 2. The van der Waals surface area contributed by atoms with Crippen LogP contribution in [0.4, 0.5) is 5.95 Å². The van der Waals surface area contributed by atoms with E-state index >= 15 is 0 Å². The maximum absolute atomic E-state index is 9.55. The lowest BCUT2D eigenvalue weighted by atomic mass is 9.92. The maximum atomic E-state index is 9.55. The number of likely N-dealkylation sites (N-methyl/N-ethyl adjacent to an activating group) is 1. The van der Waals surface area contributed by atoms with Crippen LogP contribution in [0.2, 0.25) is 0 Å². The Labute approximate surface area is 173 Å². The first-order valence-electron chi connectivity index (χ1n) is 9.39. The molecule has 2 bridgehead atoms. The predicted molar refractivity (Wildman–Crippen MR) is 111 cm³/mol. The van der Waals surface area contributed by atoms with Gasteiger partial charge in [-0.3, -0.25) is 4.90 Å². The molecular formula is C20H24N4O4S. The SMILES string of the molecule is CN1C2CCCC1CN(c1ncc(-c3ccsc3)cn1)C2.O=C(O)/C=C/C(=O)O. The van der Waals surface area contributed by atoms with Gasteiger partial charge in [0, 0.05) is 55.3 Å². The average Bonchev–Trinajstić information content (AvgIpc) is 3.22. The molecule has 0 aromatic carbocycles. The Morgan fingerprint density at radius 3 is 2.14 bits per heavy atom. The van der Waals surface area contributed by atoms with Crippen molar-refractivity contribution in [2.24, 2.45) is 0 Å². The predicted octanol–water partition coefficient (Wildman–Crippen LogP) is 2.59. The van der Waals surface area contributed by atoms with Crippen molar-refractivity contribution in [1.29, 1.82) is 0 Å². The minimum Gasteiger partial charge on any atom is -0.478 e. The van der Waals surface area contributed by atoms with Crippen LogP contribution in [0.15, 0.2) is 41.4 Å². The van der Waals surface area contributed by atoms with Gasteiger partial charge in [0.2, 0.25) is 5.95 Å². The van der Waals surface area contributed by atoms with E-state index in [-0.39, 0.29) is 0 Å². The Kier molecular flexibility index (Phi) is 6.95. The number of thiophene rings is 1. The van der Waals surface area contributed by atoms with Crippen LogP contribution in [0.3, 0.4) is 0 Å². The van der Waals surface area contributed by atoms with Crippen LogP contribution in [-0.2, 0) is 9.59 Å². The van der Waals surface area contributed by atoms with Crippen molar-refractivity contribution in [3.05, 3.63) is 41.4 Å². The van der Waals surface area contributed by atoms with Crippen molar-refractivity contribution in [1.82, 2.24) is 14.9 Å². The lowest BCUT2D eigenvalue weighted by molar-refractivity contribution is -0.134. The summed E-state index contributed by atoms with van der Waals surface area (Å²) in [5, 5.41) is 19.9. The Balaban J connectivity index is 0.000000258. The maximum Gasteiger partial charge on any atom is 0.328 e. The van der Waals surface area contributed by atoms with Crippen LogP contribution in [0.25, 0.3) is 11.1 Å². The molecule has 0 radical (unpaired) electrons. The zero-order valence-corrected chi connectivity index (χ0v) is 17.0. The number of carboxylic acid groups (broad SMARTS) is 2. The summed E-state index contributed by atoms with van der Waals surface area (Å²) in [7, 11) is 2.27. The molecule has 2 aliphatic rings. The van der Waals surface area contributed by atoms with Crippen LogP contribution in [0.5, 0.6) is 0 Å². The first kappa shape index (κ1) is 20.9. The fourth-order valence-corrected chi connectivity index (χ4v) is 4.35. The van der Waals surface area contributed by atoms with Crippen molar-refractivity contribution in [3.8, 4) is 11.1 Å². The van der Waals surface area contributed by atoms with E-state index in [4.69, 9.17) is 10.2 Å². The summed E-state index contributed by atoms with van der Waals surface area (Å²) in [6.07, 6.45) is 9.00. The van der Waals surface area contributed by atoms with Gasteiger partial charge >= 0.3 is 11.9 Å². The molecule has 0 amide bonds. The molecular weight excluding hydrogens is 392 g/mol. The quantitative estimate of drug-likeness (QED) is 0.733. The zero-order chi connectivity index (χ0) is 20.8. The summed E-state index contributed by atoms with van der Waals surface area (Å²) >= 11 is 1.71. The minimum atomic E-state index is -1.26. The summed E-state index contributed by atoms with van der Waals surface area (Å²) < 4.78 is 0. The second kappa shape index (κ2) is 9.62. The number of aromatic nitrogens is 2. The molecule has 0 spiro atoms. The molecule has 4 rings (SSSR count). The van der Waals surface area contributed by atoms with Gasteiger partial charge in [-0.25, -0.2) is 19.6 Å². The van der Waals surface area contributed by atoms with E-state index < -0.39 is 11.9 Å². The van der Waals surface area contributed by atoms with Crippen LogP contribution in [-0.4, -0.2) is 69.2 Å². The summed E-state index contributed by atoms with van der Waals surface area (Å²) in [6.45, 7) is 2.12. The van der Waals surface area contributed by atoms with Crippen molar-refractivity contribution in [2.45, 2.75) is 31.3 Å². The lowest BCUT2D eigenvalue weighted by Crippen LogP contribution is -2.59. The number of nitrogens with zero attached hydrogens (tertiary/aromatic N) is 4. The van der Waals surface area contributed by atoms with E-state index in [1.807, 2.05) is 12.4 Å². The van der Waals surface area contributed by atoms with Gasteiger partial charge in [0.15, 0.2) is 0 Å². The monoisotopic (exact) mass is 416 g/mol. The largest absolute Gasteiger partial charge is 0.478 e. The molecule has 2 aliphatic heterocycles. The molecule has 2 aromatic heterocycles. The first-order valence-corrected chi connectivity index (χ1v) is 10.3. The van der Waals surface area contributed by atoms with Gasteiger partial charge in [-0.15, -0.1) is 0 Å². The topological polar surface area (TPSA) is 107 Å². The van der Waals surface area contributed by atoms with Crippen molar-refractivity contribution in [3.63, 3.8) is 0 Å². The van der Waals surface area contributed by atoms with Gasteiger partial charge in [-0.1, -0.05) is 6.42 Å². The number of piperazine rings is 1.